The van der Waals surface area contributed by atoms with Gasteiger partial charge in [-0.05, 0) is 95.6 Å². The summed E-state index contributed by atoms with van der Waals surface area (Å²) in [6.45, 7) is 3.68. The second kappa shape index (κ2) is 10.1. The summed E-state index contributed by atoms with van der Waals surface area (Å²) in [7, 11) is 0. The molecule has 1 amide bonds. The van der Waals surface area contributed by atoms with E-state index in [0.29, 0.717) is 29.2 Å². The molecule has 1 aromatic carbocycles. The molecule has 1 aliphatic carbocycles. The Morgan fingerprint density at radius 3 is 2.64 bits per heavy atom. The molecule has 0 bridgehead atoms. The summed E-state index contributed by atoms with van der Waals surface area (Å²) in [4.78, 5) is 15.1. The molecule has 7 heteroatoms. The minimum absolute atomic E-state index is 0.323. The lowest BCUT2D eigenvalue weighted by atomic mass is 9.81. The zero-order valence-electron chi connectivity index (χ0n) is 18.4. The lowest BCUT2D eigenvalue weighted by Crippen LogP contribution is -2.40. The van der Waals surface area contributed by atoms with E-state index in [1.807, 2.05) is 18.3 Å². The van der Waals surface area contributed by atoms with Crippen LogP contribution in [0.4, 0.5) is 0 Å². The van der Waals surface area contributed by atoms with Crippen molar-refractivity contribution in [2.75, 3.05) is 26.2 Å². The lowest BCUT2D eigenvalue weighted by Gasteiger charge is -2.39. The quantitative estimate of drug-likeness (QED) is 0.410. The molecule has 0 atom stereocenters. The molecular weight excluding hydrogens is 566 g/mol. The molecule has 0 aromatic heterocycles. The molecule has 0 radical (unpaired) electrons. The van der Waals surface area contributed by atoms with Crippen molar-refractivity contribution in [2.45, 2.75) is 32.1 Å². The van der Waals surface area contributed by atoms with E-state index in [-0.39, 0.29) is 0 Å². The Morgan fingerprint density at radius 1 is 1.12 bits per heavy atom. The van der Waals surface area contributed by atoms with E-state index < -0.39 is 0 Å². The molecule has 3 aliphatic heterocycles. The van der Waals surface area contributed by atoms with Gasteiger partial charge in [-0.3, -0.25) is 4.79 Å². The molecule has 0 saturated carbocycles. The van der Waals surface area contributed by atoms with Crippen LogP contribution in [-0.2, 0) is 4.79 Å². The fourth-order valence-corrected chi connectivity index (χ4v) is 6.79. The number of nitrogens with zero attached hydrogens (tertiary/aromatic N) is 2. The average molecular weight is 593 g/mol. The van der Waals surface area contributed by atoms with Gasteiger partial charge in [0.25, 0.3) is 0 Å². The summed E-state index contributed by atoms with van der Waals surface area (Å²) in [5, 5.41) is 8.95. The maximum absolute atomic E-state index is 13.0. The van der Waals surface area contributed by atoms with Crippen LogP contribution >= 0.6 is 43.5 Å². The molecule has 0 unspecified atom stereocenters. The fraction of sp³-hybridized carbons (Fsp3) is 0.423. The second-order valence-corrected chi connectivity index (χ2v) is 11.4. The van der Waals surface area contributed by atoms with Crippen LogP contribution < -0.4 is 5.32 Å². The van der Waals surface area contributed by atoms with Crippen LogP contribution in [-0.4, -0.2) is 37.0 Å². The van der Waals surface area contributed by atoms with Gasteiger partial charge in [-0.25, -0.2) is 0 Å². The number of amides is 1. The predicted molar refractivity (Wildman–Crippen MR) is 143 cm³/mol. The Labute approximate surface area is 217 Å². The third kappa shape index (κ3) is 5.04. The Balaban J connectivity index is 1.40. The van der Waals surface area contributed by atoms with Crippen LogP contribution in [0.5, 0.6) is 0 Å². The van der Waals surface area contributed by atoms with E-state index in [1.54, 1.807) is 0 Å². The highest BCUT2D eigenvalue weighted by Gasteiger charge is 2.30. The van der Waals surface area contributed by atoms with Gasteiger partial charge in [-0.15, -0.1) is 5.70 Å². The molecule has 2 fully saturated rings. The van der Waals surface area contributed by atoms with Gasteiger partial charge in [0.05, 0.1) is 0 Å². The topological polar surface area (TPSA) is 46.4 Å². The number of carbonyl (C=O) groups excluding carboxylic acids is 1. The summed E-state index contributed by atoms with van der Waals surface area (Å²) in [5.41, 5.74) is 5.65. The van der Waals surface area contributed by atoms with Crippen molar-refractivity contribution >= 4 is 61.0 Å². The number of fused-ring (bicyclic) bond motifs is 2. The molecule has 174 valence electrons. The van der Waals surface area contributed by atoms with E-state index in [9.17, 15) is 4.79 Å². The molecular formula is C26H27Br2ClN3O-. The molecule has 33 heavy (non-hydrogen) atoms. The number of hydrogen-bond acceptors (Lipinski definition) is 2. The molecule has 4 aliphatic rings. The predicted octanol–water partition coefficient (Wildman–Crippen LogP) is 7.02. The average Bonchev–Trinajstić information content (AvgIpc) is 2.96. The van der Waals surface area contributed by atoms with Gasteiger partial charge >= 0.3 is 0 Å². The van der Waals surface area contributed by atoms with E-state index >= 15 is 0 Å². The molecule has 5 rings (SSSR count). The zero-order valence-corrected chi connectivity index (χ0v) is 22.3. The van der Waals surface area contributed by atoms with E-state index in [4.69, 9.17) is 16.9 Å². The first kappa shape index (κ1) is 23.4. The van der Waals surface area contributed by atoms with E-state index in [2.05, 4.69) is 60.3 Å². The minimum Gasteiger partial charge on any atom is -0.662 e. The highest BCUT2D eigenvalue weighted by molar-refractivity contribution is 9.12. The maximum atomic E-state index is 13.0. The number of nitrogens with one attached hydrogen (secondary N) is 1. The van der Waals surface area contributed by atoms with Crippen LogP contribution in [0, 0.1) is 11.8 Å². The Hall–Kier alpha value is -1.34. The van der Waals surface area contributed by atoms with Crippen LogP contribution in [0.15, 0.2) is 50.7 Å². The first-order valence-corrected chi connectivity index (χ1v) is 13.6. The number of rotatable bonds is 3. The molecule has 3 heterocycles. The van der Waals surface area contributed by atoms with Crippen molar-refractivity contribution in [1.82, 2.24) is 10.2 Å². The Morgan fingerprint density at radius 2 is 1.88 bits per heavy atom. The highest BCUT2D eigenvalue weighted by Crippen LogP contribution is 2.47. The first-order chi connectivity index (χ1) is 16.0. The number of allylic oxidation sites excluding steroid dienone is 4. The van der Waals surface area contributed by atoms with Gasteiger partial charge in [0.2, 0.25) is 5.91 Å². The summed E-state index contributed by atoms with van der Waals surface area (Å²) >= 11 is 13.8. The van der Waals surface area contributed by atoms with Crippen LogP contribution in [0.1, 0.15) is 43.2 Å². The zero-order chi connectivity index (χ0) is 22.9. The summed E-state index contributed by atoms with van der Waals surface area (Å²) in [5.74, 6) is 1.18. The number of benzene rings is 1. The van der Waals surface area contributed by atoms with Gasteiger partial charge in [0.1, 0.15) is 0 Å². The Bertz CT molecular complexity index is 1080. The highest BCUT2D eigenvalue weighted by atomic mass is 79.9. The lowest BCUT2D eigenvalue weighted by molar-refractivity contribution is -0.133. The van der Waals surface area contributed by atoms with Crippen LogP contribution in [0.2, 0.25) is 5.02 Å². The van der Waals surface area contributed by atoms with Crippen molar-refractivity contribution in [3.05, 3.63) is 72.2 Å². The number of hydrogen-bond donors (Lipinski definition) is 1. The number of likely N-dealkylation sites (tertiary alicyclic amines) is 1. The van der Waals surface area contributed by atoms with Gasteiger partial charge in [0.15, 0.2) is 0 Å². The van der Waals surface area contributed by atoms with E-state index in [0.717, 1.165) is 77.7 Å². The van der Waals surface area contributed by atoms with Gasteiger partial charge in [0, 0.05) is 29.0 Å². The maximum Gasteiger partial charge on any atom is 0.222 e. The van der Waals surface area contributed by atoms with Crippen molar-refractivity contribution in [3.63, 3.8) is 0 Å². The minimum atomic E-state index is 0.323. The summed E-state index contributed by atoms with van der Waals surface area (Å²) < 4.78 is 1.96. The van der Waals surface area contributed by atoms with Crippen molar-refractivity contribution in [2.24, 2.45) is 11.8 Å². The van der Waals surface area contributed by atoms with Crippen molar-refractivity contribution in [3.8, 4) is 0 Å². The largest absolute Gasteiger partial charge is 0.662 e. The number of halogens is 3. The third-order valence-electron chi connectivity index (χ3n) is 7.11. The van der Waals surface area contributed by atoms with Crippen LogP contribution in [0.3, 0.4) is 0 Å². The number of carbonyl (C=O) groups is 1. The molecule has 0 spiro atoms. The van der Waals surface area contributed by atoms with Crippen molar-refractivity contribution in [1.29, 1.82) is 0 Å². The first-order valence-electron chi connectivity index (χ1n) is 11.7. The fourth-order valence-electron chi connectivity index (χ4n) is 5.39. The normalized spacial score (nSPS) is 21.6. The molecule has 2 saturated heterocycles. The van der Waals surface area contributed by atoms with Crippen molar-refractivity contribution < 1.29 is 4.79 Å². The van der Waals surface area contributed by atoms with Gasteiger partial charge in [-0.2, -0.15) is 6.20 Å². The standard InChI is InChI=1S/C26H27Br2ClN3O/c27-20-12-19-2-1-18-13-21(29)14-22(28)24(18)25(26(19)31-15-20)17-5-9-32(10-6-17)23(33)11-16-3-7-30-8-4-16/h1-2,12-17,30H,3-11H2/q-1. The van der Waals surface area contributed by atoms with E-state index in [1.165, 1.54) is 11.1 Å². The molecule has 1 N–H and O–H groups in total. The van der Waals surface area contributed by atoms with Gasteiger partial charge in [-0.1, -0.05) is 55.6 Å². The molecule has 1 aromatic rings. The summed E-state index contributed by atoms with van der Waals surface area (Å²) in [6, 6.07) is 3.99. The SMILES string of the molecule is O=C(CC1CCNCC1)N1CCC(C2=C3[N-]C=C(Br)C=C3C=Cc3cc(Cl)cc(Br)c32)CC1. The van der Waals surface area contributed by atoms with Gasteiger partial charge < -0.3 is 15.5 Å². The smallest absolute Gasteiger partial charge is 0.222 e. The monoisotopic (exact) mass is 590 g/mol. The second-order valence-electron chi connectivity index (χ2n) is 9.24. The third-order valence-corrected chi connectivity index (χ3v) is 8.39. The summed E-state index contributed by atoms with van der Waals surface area (Å²) in [6.07, 6.45) is 13.0. The number of piperidine rings is 2. The van der Waals surface area contributed by atoms with Crippen LogP contribution in [0.25, 0.3) is 17.0 Å². The Kier molecular flexibility index (Phi) is 7.17. The molecule has 4 nitrogen and oxygen atoms in total.